The maximum absolute atomic E-state index is 5.66. The number of nitrogens with one attached hydrogen (secondary N) is 2. The first-order valence-electron chi connectivity index (χ1n) is 10.9. The van der Waals surface area contributed by atoms with Crippen LogP contribution in [0.3, 0.4) is 0 Å². The lowest BCUT2D eigenvalue weighted by atomic mass is 10.2. The second-order valence-electron chi connectivity index (χ2n) is 7.88. The van der Waals surface area contributed by atoms with Crippen molar-refractivity contribution in [3.05, 3.63) is 6.07 Å². The van der Waals surface area contributed by atoms with E-state index in [-0.39, 0.29) is 6.10 Å². The van der Waals surface area contributed by atoms with E-state index < -0.39 is 0 Å². The van der Waals surface area contributed by atoms with E-state index >= 15 is 0 Å². The molecule has 3 saturated heterocycles. The molecule has 4 rings (SSSR count). The Labute approximate surface area is 178 Å². The van der Waals surface area contributed by atoms with Gasteiger partial charge in [0, 0.05) is 45.4 Å². The molecule has 3 fully saturated rings. The number of thiocarbonyl (C=S) groups is 1. The summed E-state index contributed by atoms with van der Waals surface area (Å²) in [6, 6.07) is 2.12. The number of hydrogen-bond donors (Lipinski definition) is 2. The number of ether oxygens (including phenoxy) is 2. The zero-order valence-electron chi connectivity index (χ0n) is 17.1. The van der Waals surface area contributed by atoms with Gasteiger partial charge in [0.1, 0.15) is 11.6 Å². The molecule has 3 aliphatic rings. The summed E-state index contributed by atoms with van der Waals surface area (Å²) < 4.78 is 11.2. The minimum absolute atomic E-state index is 0.239. The van der Waals surface area contributed by atoms with Gasteiger partial charge in [-0.1, -0.05) is 12.8 Å². The molecule has 0 aromatic carbocycles. The van der Waals surface area contributed by atoms with Gasteiger partial charge in [0.2, 0.25) is 5.95 Å². The number of morpholine rings is 1. The Balaban J connectivity index is 1.47. The summed E-state index contributed by atoms with van der Waals surface area (Å²) in [6.07, 6.45) is 7.44. The maximum atomic E-state index is 5.66. The van der Waals surface area contributed by atoms with Crippen LogP contribution >= 0.6 is 12.2 Å². The monoisotopic (exact) mass is 420 g/mol. The fraction of sp³-hybridized carbons (Fsp3) is 0.750. The number of aromatic nitrogens is 2. The van der Waals surface area contributed by atoms with Crippen LogP contribution in [0.1, 0.15) is 38.5 Å². The molecule has 0 bridgehead atoms. The lowest BCUT2D eigenvalue weighted by Gasteiger charge is -2.29. The van der Waals surface area contributed by atoms with E-state index in [1.807, 2.05) is 0 Å². The first-order valence-corrected chi connectivity index (χ1v) is 11.3. The molecule has 0 saturated carbocycles. The van der Waals surface area contributed by atoms with E-state index in [2.05, 4.69) is 26.5 Å². The summed E-state index contributed by atoms with van der Waals surface area (Å²) in [5.74, 6) is 2.47. The number of hydrogen-bond acceptors (Lipinski definition) is 7. The van der Waals surface area contributed by atoms with Gasteiger partial charge in [-0.2, -0.15) is 9.97 Å². The Kier molecular flexibility index (Phi) is 7.34. The number of anilines is 3. The van der Waals surface area contributed by atoms with Crippen molar-refractivity contribution in [1.29, 1.82) is 0 Å². The molecule has 1 unspecified atom stereocenters. The largest absolute Gasteiger partial charge is 0.378 e. The average Bonchev–Trinajstić information content (AvgIpc) is 3.13. The molecule has 0 aliphatic carbocycles. The molecule has 0 spiro atoms. The van der Waals surface area contributed by atoms with Gasteiger partial charge in [-0.3, -0.25) is 0 Å². The minimum atomic E-state index is 0.239. The van der Waals surface area contributed by atoms with Crippen molar-refractivity contribution in [3.63, 3.8) is 0 Å². The molecule has 1 atom stereocenters. The highest BCUT2D eigenvalue weighted by molar-refractivity contribution is 7.80. The second kappa shape index (κ2) is 10.4. The van der Waals surface area contributed by atoms with Gasteiger partial charge >= 0.3 is 0 Å². The van der Waals surface area contributed by atoms with Gasteiger partial charge in [-0.15, -0.1) is 0 Å². The smallest absolute Gasteiger partial charge is 0.232 e. The molecule has 9 heteroatoms. The van der Waals surface area contributed by atoms with Gasteiger partial charge in [0.05, 0.1) is 19.3 Å². The van der Waals surface area contributed by atoms with Crippen molar-refractivity contribution < 1.29 is 9.47 Å². The van der Waals surface area contributed by atoms with Crippen LogP contribution < -0.4 is 20.4 Å². The molecule has 1 aromatic heterocycles. The third-order valence-corrected chi connectivity index (χ3v) is 5.95. The van der Waals surface area contributed by atoms with Crippen LogP contribution in [0.4, 0.5) is 17.6 Å². The predicted molar refractivity (Wildman–Crippen MR) is 119 cm³/mol. The Bertz CT molecular complexity index is 671. The second-order valence-corrected chi connectivity index (χ2v) is 8.29. The fourth-order valence-electron chi connectivity index (χ4n) is 4.05. The fourth-order valence-corrected chi connectivity index (χ4v) is 4.23. The molecule has 3 aliphatic heterocycles. The van der Waals surface area contributed by atoms with Gasteiger partial charge < -0.3 is 29.9 Å². The maximum Gasteiger partial charge on any atom is 0.232 e. The standard InChI is InChI=1S/C20H32N6O2S/c29-20(21-15-16-6-5-11-28-16)24-19-22-17(25-7-3-1-2-4-8-25)14-18(23-19)26-9-12-27-13-10-26/h14,16H,1-13,15H2,(H2,21,22,23,24,29). The summed E-state index contributed by atoms with van der Waals surface area (Å²) in [5, 5.41) is 6.99. The zero-order valence-corrected chi connectivity index (χ0v) is 17.9. The van der Waals surface area contributed by atoms with E-state index in [1.54, 1.807) is 0 Å². The number of nitrogens with zero attached hydrogens (tertiary/aromatic N) is 4. The predicted octanol–water partition coefficient (Wildman–Crippen LogP) is 2.16. The molecule has 160 valence electrons. The van der Waals surface area contributed by atoms with E-state index in [1.165, 1.54) is 25.7 Å². The summed E-state index contributed by atoms with van der Waals surface area (Å²) in [4.78, 5) is 14.2. The third-order valence-electron chi connectivity index (χ3n) is 5.70. The third kappa shape index (κ3) is 5.90. The lowest BCUT2D eigenvalue weighted by molar-refractivity contribution is 0.114. The van der Waals surface area contributed by atoms with Gasteiger partial charge in [0.25, 0.3) is 0 Å². The highest BCUT2D eigenvalue weighted by Gasteiger charge is 2.20. The van der Waals surface area contributed by atoms with Crippen molar-refractivity contribution in [1.82, 2.24) is 15.3 Å². The Morgan fingerprint density at radius 2 is 1.66 bits per heavy atom. The van der Waals surface area contributed by atoms with E-state index in [4.69, 9.17) is 31.7 Å². The first kappa shape index (κ1) is 20.6. The van der Waals surface area contributed by atoms with E-state index in [0.717, 1.165) is 70.5 Å². The van der Waals surface area contributed by atoms with Crippen molar-refractivity contribution in [2.75, 3.05) is 67.7 Å². The molecule has 0 radical (unpaired) electrons. The Morgan fingerprint density at radius 3 is 2.31 bits per heavy atom. The Morgan fingerprint density at radius 1 is 0.966 bits per heavy atom. The molecule has 8 nitrogen and oxygen atoms in total. The molecule has 4 heterocycles. The van der Waals surface area contributed by atoms with E-state index in [0.29, 0.717) is 17.6 Å². The van der Waals surface area contributed by atoms with Crippen molar-refractivity contribution in [2.45, 2.75) is 44.6 Å². The van der Waals surface area contributed by atoms with Crippen molar-refractivity contribution >= 4 is 34.9 Å². The molecule has 1 aromatic rings. The summed E-state index contributed by atoms with van der Waals surface area (Å²) >= 11 is 5.49. The summed E-state index contributed by atoms with van der Waals surface area (Å²) in [5.41, 5.74) is 0. The summed E-state index contributed by atoms with van der Waals surface area (Å²) in [7, 11) is 0. The van der Waals surface area contributed by atoms with Crippen LogP contribution in [-0.2, 0) is 9.47 Å². The van der Waals surface area contributed by atoms with Gasteiger partial charge in [-0.25, -0.2) is 0 Å². The number of rotatable bonds is 5. The molecular weight excluding hydrogens is 388 g/mol. The van der Waals surface area contributed by atoms with Crippen LogP contribution in [0.5, 0.6) is 0 Å². The first-order chi connectivity index (χ1) is 14.3. The quantitative estimate of drug-likeness (QED) is 0.697. The van der Waals surface area contributed by atoms with Crippen LogP contribution in [0.2, 0.25) is 0 Å². The summed E-state index contributed by atoms with van der Waals surface area (Å²) in [6.45, 7) is 6.79. The Hall–Kier alpha value is -1.71. The highest BCUT2D eigenvalue weighted by atomic mass is 32.1. The van der Waals surface area contributed by atoms with Gasteiger partial charge in [-0.05, 0) is 37.9 Å². The topological polar surface area (TPSA) is 74.8 Å². The van der Waals surface area contributed by atoms with Crippen LogP contribution in [0, 0.1) is 0 Å². The van der Waals surface area contributed by atoms with Crippen LogP contribution in [0.25, 0.3) is 0 Å². The lowest BCUT2D eigenvalue weighted by Crippen LogP contribution is -2.38. The van der Waals surface area contributed by atoms with Crippen LogP contribution in [0.15, 0.2) is 6.07 Å². The molecule has 0 amide bonds. The molecular formula is C20H32N6O2S. The zero-order chi connectivity index (χ0) is 19.9. The van der Waals surface area contributed by atoms with Gasteiger partial charge in [0.15, 0.2) is 5.11 Å². The SMILES string of the molecule is S=C(NCC1CCCO1)Nc1nc(N2CCCCCC2)cc(N2CCOCC2)n1. The molecule has 29 heavy (non-hydrogen) atoms. The highest BCUT2D eigenvalue weighted by Crippen LogP contribution is 2.24. The molecule has 2 N–H and O–H groups in total. The van der Waals surface area contributed by atoms with E-state index in [9.17, 15) is 0 Å². The van der Waals surface area contributed by atoms with Crippen molar-refractivity contribution in [3.8, 4) is 0 Å². The normalized spacial score (nSPS) is 23.0. The van der Waals surface area contributed by atoms with Crippen molar-refractivity contribution in [2.24, 2.45) is 0 Å². The average molecular weight is 421 g/mol. The minimum Gasteiger partial charge on any atom is -0.378 e. The van der Waals surface area contributed by atoms with Crippen LogP contribution in [-0.4, -0.2) is 73.7 Å².